The lowest BCUT2D eigenvalue weighted by Crippen LogP contribution is -2.40. The molecule has 0 aliphatic heterocycles. The van der Waals surface area contributed by atoms with Gasteiger partial charge in [0.2, 0.25) is 5.91 Å². The first-order valence-corrected chi connectivity index (χ1v) is 9.95. The Morgan fingerprint density at radius 3 is 2.00 bits per heavy atom. The van der Waals surface area contributed by atoms with Crippen molar-refractivity contribution < 1.29 is 41.0 Å². The molecule has 0 fully saturated rings. The van der Waals surface area contributed by atoms with Gasteiger partial charge in [0.05, 0.1) is 23.4 Å². The fourth-order valence-electron chi connectivity index (χ4n) is 2.59. The van der Waals surface area contributed by atoms with E-state index in [1.54, 1.807) is 0 Å². The molecule has 0 spiro atoms. The fourth-order valence-corrected chi connectivity index (χ4v) is 2.59. The first kappa shape index (κ1) is 28.6. The highest BCUT2D eigenvalue weighted by Crippen LogP contribution is 2.33. The normalized spacial score (nSPS) is 12.4. The second kappa shape index (κ2) is 12.1. The molecule has 1 atom stereocenters. The predicted octanol–water partition coefficient (Wildman–Crippen LogP) is 4.72. The van der Waals surface area contributed by atoms with E-state index in [2.05, 4.69) is 10.6 Å². The fraction of sp³-hybridized carbons (Fsp3) is 0.364. The molecule has 0 radical (unpaired) electrons. The zero-order valence-electron chi connectivity index (χ0n) is 18.3. The molecule has 12 heteroatoms. The maximum atomic E-state index is 12.8. The molecule has 6 nitrogen and oxygen atoms in total. The van der Waals surface area contributed by atoms with E-state index >= 15 is 0 Å². The first-order chi connectivity index (χ1) is 15.6. The molecule has 0 saturated heterocycles. The van der Waals surface area contributed by atoms with E-state index in [1.807, 2.05) is 44.2 Å². The van der Waals surface area contributed by atoms with E-state index in [0.29, 0.717) is 12.2 Å². The standard InChI is InChI=1S/C20H24F3N3O.C2HF3O2/c1-13(2)18(12-25-19(27)10-14-6-4-3-5-7-14)26-17-9-8-15(11-16(17)24)20(21,22)23;3-2(4,5)1(6)7/h3-9,11,13,18,26H,10,12,24H2,1-2H3,(H,25,27);(H,6,7)/t18-;/m0./s1. The number of hydrogen-bond donors (Lipinski definition) is 4. The van der Waals surface area contributed by atoms with Crippen molar-refractivity contribution in [2.24, 2.45) is 5.92 Å². The molecular formula is C22H25F6N3O3. The molecule has 2 aromatic rings. The number of amides is 1. The highest BCUT2D eigenvalue weighted by molar-refractivity contribution is 5.78. The van der Waals surface area contributed by atoms with E-state index in [4.69, 9.17) is 15.6 Å². The third-order valence-corrected chi connectivity index (χ3v) is 4.49. The Hall–Kier alpha value is -3.44. The van der Waals surface area contributed by atoms with Gasteiger partial charge >= 0.3 is 18.3 Å². The minimum Gasteiger partial charge on any atom is -0.475 e. The van der Waals surface area contributed by atoms with Gasteiger partial charge in [0.25, 0.3) is 0 Å². The number of aliphatic carboxylic acids is 1. The summed E-state index contributed by atoms with van der Waals surface area (Å²) in [6.45, 7) is 4.26. The van der Waals surface area contributed by atoms with Crippen LogP contribution in [0.5, 0.6) is 0 Å². The number of rotatable bonds is 7. The lowest BCUT2D eigenvalue weighted by Gasteiger charge is -2.25. The van der Waals surface area contributed by atoms with Gasteiger partial charge in [-0.1, -0.05) is 44.2 Å². The van der Waals surface area contributed by atoms with Crippen LogP contribution in [0.25, 0.3) is 0 Å². The number of halogens is 6. The summed E-state index contributed by atoms with van der Waals surface area (Å²) in [7, 11) is 0. The Morgan fingerprint density at radius 2 is 1.56 bits per heavy atom. The largest absolute Gasteiger partial charge is 0.490 e. The Bertz CT molecular complexity index is 947. The molecule has 0 bridgehead atoms. The van der Waals surface area contributed by atoms with Gasteiger partial charge in [0, 0.05) is 12.6 Å². The van der Waals surface area contributed by atoms with E-state index in [1.165, 1.54) is 6.07 Å². The molecule has 0 aliphatic rings. The molecule has 0 aliphatic carbocycles. The summed E-state index contributed by atoms with van der Waals surface area (Å²) in [5.74, 6) is -2.75. The van der Waals surface area contributed by atoms with Crippen molar-refractivity contribution in [3.8, 4) is 0 Å². The van der Waals surface area contributed by atoms with Crippen molar-refractivity contribution in [2.75, 3.05) is 17.6 Å². The first-order valence-electron chi connectivity index (χ1n) is 9.95. The zero-order valence-corrected chi connectivity index (χ0v) is 18.3. The van der Waals surface area contributed by atoms with E-state index in [0.717, 1.165) is 17.7 Å². The number of anilines is 2. The number of nitrogens with one attached hydrogen (secondary N) is 2. The molecule has 188 valence electrons. The third kappa shape index (κ3) is 10.0. The van der Waals surface area contributed by atoms with Gasteiger partial charge in [-0.3, -0.25) is 4.79 Å². The third-order valence-electron chi connectivity index (χ3n) is 4.49. The van der Waals surface area contributed by atoms with Gasteiger partial charge in [0.15, 0.2) is 0 Å². The van der Waals surface area contributed by atoms with Crippen molar-refractivity contribution in [3.63, 3.8) is 0 Å². The summed E-state index contributed by atoms with van der Waals surface area (Å²) in [5, 5.41) is 13.1. The SMILES string of the molecule is CC(C)[C@H](CNC(=O)Cc1ccccc1)Nc1ccc(C(F)(F)F)cc1N.O=C(O)C(F)(F)F. The minimum absolute atomic E-state index is 0.0195. The Labute approximate surface area is 192 Å². The Kier molecular flexibility index (Phi) is 10.2. The molecule has 2 rings (SSSR count). The number of alkyl halides is 6. The van der Waals surface area contributed by atoms with Gasteiger partial charge in [-0.15, -0.1) is 0 Å². The summed E-state index contributed by atoms with van der Waals surface area (Å²) in [6, 6.07) is 12.4. The second-order valence-corrected chi connectivity index (χ2v) is 7.56. The van der Waals surface area contributed by atoms with Crippen LogP contribution in [0.15, 0.2) is 48.5 Å². The monoisotopic (exact) mass is 493 g/mol. The molecule has 0 saturated carbocycles. The number of hydrogen-bond acceptors (Lipinski definition) is 4. The van der Waals surface area contributed by atoms with Gasteiger partial charge < -0.3 is 21.5 Å². The minimum atomic E-state index is -5.08. The summed E-state index contributed by atoms with van der Waals surface area (Å²) >= 11 is 0. The molecule has 34 heavy (non-hydrogen) atoms. The lowest BCUT2D eigenvalue weighted by molar-refractivity contribution is -0.192. The van der Waals surface area contributed by atoms with Crippen LogP contribution in [0.1, 0.15) is 25.0 Å². The van der Waals surface area contributed by atoms with Crippen LogP contribution in [0, 0.1) is 5.92 Å². The number of carboxylic acid groups (broad SMARTS) is 1. The van der Waals surface area contributed by atoms with Crippen molar-refractivity contribution in [1.29, 1.82) is 0 Å². The zero-order chi connectivity index (χ0) is 26.1. The smallest absolute Gasteiger partial charge is 0.475 e. The van der Waals surface area contributed by atoms with E-state index < -0.39 is 23.9 Å². The van der Waals surface area contributed by atoms with Gasteiger partial charge in [0.1, 0.15) is 0 Å². The number of nitrogen functional groups attached to an aromatic ring is 1. The Balaban J connectivity index is 0.000000718. The topological polar surface area (TPSA) is 104 Å². The number of carboxylic acids is 1. The van der Waals surface area contributed by atoms with Gasteiger partial charge in [-0.25, -0.2) is 4.79 Å². The van der Waals surface area contributed by atoms with Crippen molar-refractivity contribution in [2.45, 2.75) is 38.7 Å². The summed E-state index contributed by atoms with van der Waals surface area (Å²) in [5.41, 5.74) is 6.33. The van der Waals surface area contributed by atoms with Crippen LogP contribution in [0.3, 0.4) is 0 Å². The number of carbonyl (C=O) groups excluding carboxylic acids is 1. The summed E-state index contributed by atoms with van der Waals surface area (Å²) in [6.07, 6.45) is -9.25. The number of benzene rings is 2. The van der Waals surface area contributed by atoms with Crippen LogP contribution in [-0.4, -0.2) is 35.7 Å². The lowest BCUT2D eigenvalue weighted by atomic mass is 10.0. The van der Waals surface area contributed by atoms with Crippen molar-refractivity contribution in [1.82, 2.24) is 5.32 Å². The number of nitrogens with two attached hydrogens (primary N) is 1. The molecule has 0 aromatic heterocycles. The van der Waals surface area contributed by atoms with E-state index in [-0.39, 0.29) is 30.0 Å². The van der Waals surface area contributed by atoms with Crippen molar-refractivity contribution >= 4 is 23.3 Å². The average Bonchev–Trinajstić information content (AvgIpc) is 2.71. The molecule has 2 aromatic carbocycles. The van der Waals surface area contributed by atoms with Gasteiger partial charge in [-0.05, 0) is 29.7 Å². The molecule has 0 unspecified atom stereocenters. The van der Waals surface area contributed by atoms with Crippen LogP contribution >= 0.6 is 0 Å². The second-order valence-electron chi connectivity index (χ2n) is 7.56. The molecule has 1 amide bonds. The highest BCUT2D eigenvalue weighted by atomic mass is 19.4. The van der Waals surface area contributed by atoms with Crippen LogP contribution in [0.4, 0.5) is 37.7 Å². The average molecular weight is 493 g/mol. The van der Waals surface area contributed by atoms with Crippen molar-refractivity contribution in [3.05, 3.63) is 59.7 Å². The summed E-state index contributed by atoms with van der Waals surface area (Å²) < 4.78 is 70.0. The van der Waals surface area contributed by atoms with Gasteiger partial charge in [-0.2, -0.15) is 26.3 Å². The van der Waals surface area contributed by atoms with E-state index in [9.17, 15) is 31.1 Å². The predicted molar refractivity (Wildman–Crippen MR) is 115 cm³/mol. The number of carbonyl (C=O) groups is 2. The highest BCUT2D eigenvalue weighted by Gasteiger charge is 2.38. The van der Waals surface area contributed by atoms with Crippen LogP contribution < -0.4 is 16.4 Å². The molecule has 0 heterocycles. The van der Waals surface area contributed by atoms with Crippen LogP contribution in [-0.2, 0) is 22.2 Å². The molecule has 5 N–H and O–H groups in total. The maximum Gasteiger partial charge on any atom is 0.490 e. The van der Waals surface area contributed by atoms with Crippen LogP contribution in [0.2, 0.25) is 0 Å². The quantitative estimate of drug-likeness (QED) is 0.330. The Morgan fingerprint density at radius 1 is 1.00 bits per heavy atom. The molecular weight excluding hydrogens is 468 g/mol. The summed E-state index contributed by atoms with van der Waals surface area (Å²) in [4.78, 5) is 21.0. The maximum absolute atomic E-state index is 12.8.